The molecule has 2 aliphatic heterocycles. The molecular formula is C11H21N. The Balaban J connectivity index is 2.09. The van der Waals surface area contributed by atoms with E-state index in [9.17, 15) is 0 Å². The zero-order chi connectivity index (χ0) is 8.77. The van der Waals surface area contributed by atoms with Gasteiger partial charge < -0.3 is 0 Å². The minimum absolute atomic E-state index is 0.624. The summed E-state index contributed by atoms with van der Waals surface area (Å²) >= 11 is 0. The van der Waals surface area contributed by atoms with Crippen molar-refractivity contribution in [2.75, 3.05) is 7.05 Å². The van der Waals surface area contributed by atoms with Gasteiger partial charge in [0, 0.05) is 11.6 Å². The van der Waals surface area contributed by atoms with Gasteiger partial charge in [0.2, 0.25) is 0 Å². The van der Waals surface area contributed by atoms with Crippen molar-refractivity contribution in [3.8, 4) is 0 Å². The average Bonchev–Trinajstić information content (AvgIpc) is 2.43. The summed E-state index contributed by atoms with van der Waals surface area (Å²) in [6.07, 6.45) is 7.27. The Kier molecular flexibility index (Phi) is 1.95. The number of hydrogen-bond acceptors (Lipinski definition) is 1. The van der Waals surface area contributed by atoms with E-state index in [4.69, 9.17) is 0 Å². The lowest BCUT2D eigenvalue weighted by Gasteiger charge is -2.33. The van der Waals surface area contributed by atoms with E-state index in [-0.39, 0.29) is 0 Å². The molecule has 2 saturated heterocycles. The van der Waals surface area contributed by atoms with Crippen molar-refractivity contribution in [3.05, 3.63) is 0 Å². The van der Waals surface area contributed by atoms with Crippen molar-refractivity contribution in [1.29, 1.82) is 0 Å². The molecule has 70 valence electrons. The molecule has 2 rings (SSSR count). The molecule has 0 aliphatic carbocycles. The maximum atomic E-state index is 2.67. The summed E-state index contributed by atoms with van der Waals surface area (Å²) in [7, 11) is 2.34. The predicted octanol–water partition coefficient (Wildman–Crippen LogP) is 2.66. The van der Waals surface area contributed by atoms with Crippen LogP contribution in [0.4, 0.5) is 0 Å². The Bertz CT molecular complexity index is 166. The number of hydrogen-bond donors (Lipinski definition) is 0. The van der Waals surface area contributed by atoms with Gasteiger partial charge >= 0.3 is 0 Å². The summed E-state index contributed by atoms with van der Waals surface area (Å²) in [4.78, 5) is 2.67. The number of nitrogens with zero attached hydrogens (tertiary/aromatic N) is 1. The quantitative estimate of drug-likeness (QED) is 0.611. The molecule has 0 unspecified atom stereocenters. The fourth-order valence-corrected chi connectivity index (χ4v) is 3.38. The predicted molar refractivity (Wildman–Crippen MR) is 52.2 cm³/mol. The molecule has 0 atom stereocenters. The lowest BCUT2D eigenvalue weighted by Crippen LogP contribution is -2.39. The van der Waals surface area contributed by atoms with E-state index in [1.54, 1.807) is 0 Å². The van der Waals surface area contributed by atoms with Crippen molar-refractivity contribution in [1.82, 2.24) is 4.90 Å². The van der Waals surface area contributed by atoms with Crippen LogP contribution < -0.4 is 0 Å². The second-order valence-corrected chi connectivity index (χ2v) is 5.16. The second-order valence-electron chi connectivity index (χ2n) is 5.16. The van der Waals surface area contributed by atoms with Gasteiger partial charge in [0.15, 0.2) is 0 Å². The molecule has 2 heterocycles. The van der Waals surface area contributed by atoms with E-state index in [0.29, 0.717) is 5.54 Å². The van der Waals surface area contributed by atoms with Crippen molar-refractivity contribution < 1.29 is 0 Å². The van der Waals surface area contributed by atoms with Gasteiger partial charge in [-0.05, 0) is 45.1 Å². The van der Waals surface area contributed by atoms with Crippen molar-refractivity contribution in [3.63, 3.8) is 0 Å². The van der Waals surface area contributed by atoms with Gasteiger partial charge in [0.25, 0.3) is 0 Å². The summed E-state index contributed by atoms with van der Waals surface area (Å²) in [5.74, 6) is 0.865. The monoisotopic (exact) mass is 167 g/mol. The van der Waals surface area contributed by atoms with E-state index < -0.39 is 0 Å². The van der Waals surface area contributed by atoms with E-state index in [1.165, 1.54) is 32.1 Å². The molecule has 0 aromatic heterocycles. The van der Waals surface area contributed by atoms with Crippen LogP contribution in [0, 0.1) is 5.92 Å². The minimum atomic E-state index is 0.624. The van der Waals surface area contributed by atoms with Crippen LogP contribution >= 0.6 is 0 Å². The van der Waals surface area contributed by atoms with Crippen molar-refractivity contribution in [2.45, 2.75) is 57.5 Å². The Labute approximate surface area is 76.1 Å². The largest absolute Gasteiger partial charge is 0.298 e. The zero-order valence-electron chi connectivity index (χ0n) is 8.64. The van der Waals surface area contributed by atoms with Crippen LogP contribution in [0.3, 0.4) is 0 Å². The van der Waals surface area contributed by atoms with Gasteiger partial charge in [0.1, 0.15) is 0 Å². The van der Waals surface area contributed by atoms with Crippen LogP contribution in [0.1, 0.15) is 46.0 Å². The highest BCUT2D eigenvalue weighted by Crippen LogP contribution is 2.48. The SMILES string of the molecule is CC(C)CC12CCC(CC1)N2C. The van der Waals surface area contributed by atoms with Crippen LogP contribution in [0.25, 0.3) is 0 Å². The van der Waals surface area contributed by atoms with Crippen LogP contribution in [0.15, 0.2) is 0 Å². The fourth-order valence-electron chi connectivity index (χ4n) is 3.38. The Hall–Kier alpha value is -0.0400. The topological polar surface area (TPSA) is 3.24 Å². The Morgan fingerprint density at radius 1 is 1.33 bits per heavy atom. The Morgan fingerprint density at radius 3 is 2.25 bits per heavy atom. The van der Waals surface area contributed by atoms with Crippen molar-refractivity contribution in [2.24, 2.45) is 5.92 Å². The summed E-state index contributed by atoms with van der Waals surface area (Å²) in [6.45, 7) is 4.71. The standard InChI is InChI=1S/C11H21N/c1-9(2)8-11-6-4-10(5-7-11)12(11)3/h9-10H,4-8H2,1-3H3. The molecule has 0 aromatic carbocycles. The van der Waals surface area contributed by atoms with Crippen LogP contribution in [-0.2, 0) is 0 Å². The van der Waals surface area contributed by atoms with Crippen LogP contribution in [0.2, 0.25) is 0 Å². The first-order valence-electron chi connectivity index (χ1n) is 5.37. The third-order valence-electron chi connectivity index (χ3n) is 3.97. The lowest BCUT2D eigenvalue weighted by atomic mass is 9.81. The van der Waals surface area contributed by atoms with Gasteiger partial charge in [-0.25, -0.2) is 0 Å². The number of rotatable bonds is 2. The minimum Gasteiger partial charge on any atom is -0.298 e. The summed E-state index contributed by atoms with van der Waals surface area (Å²) < 4.78 is 0. The average molecular weight is 167 g/mol. The van der Waals surface area contributed by atoms with Gasteiger partial charge in [-0.15, -0.1) is 0 Å². The Morgan fingerprint density at radius 2 is 1.92 bits per heavy atom. The molecule has 0 saturated carbocycles. The summed E-state index contributed by atoms with van der Waals surface area (Å²) in [6, 6.07) is 0.934. The van der Waals surface area contributed by atoms with Crippen LogP contribution in [0.5, 0.6) is 0 Å². The van der Waals surface area contributed by atoms with Crippen molar-refractivity contribution >= 4 is 0 Å². The van der Waals surface area contributed by atoms with Gasteiger partial charge in [-0.2, -0.15) is 0 Å². The normalized spacial score (nSPS) is 41.5. The first-order valence-corrected chi connectivity index (χ1v) is 5.37. The molecule has 1 nitrogen and oxygen atoms in total. The second kappa shape index (κ2) is 2.73. The molecule has 2 bridgehead atoms. The third kappa shape index (κ3) is 1.10. The summed E-state index contributed by atoms with van der Waals surface area (Å²) in [5, 5.41) is 0. The molecule has 0 N–H and O–H groups in total. The molecule has 2 aliphatic rings. The van der Waals surface area contributed by atoms with Gasteiger partial charge in [-0.1, -0.05) is 13.8 Å². The van der Waals surface area contributed by atoms with E-state index >= 15 is 0 Å². The smallest absolute Gasteiger partial charge is 0.0213 e. The fraction of sp³-hybridized carbons (Fsp3) is 1.00. The van der Waals surface area contributed by atoms with Crippen LogP contribution in [-0.4, -0.2) is 23.5 Å². The molecular weight excluding hydrogens is 146 g/mol. The molecule has 0 spiro atoms. The van der Waals surface area contributed by atoms with Gasteiger partial charge in [0.05, 0.1) is 0 Å². The maximum Gasteiger partial charge on any atom is 0.0213 e. The zero-order valence-corrected chi connectivity index (χ0v) is 8.64. The molecule has 0 amide bonds. The molecule has 1 heteroatoms. The summed E-state index contributed by atoms with van der Waals surface area (Å²) in [5.41, 5.74) is 0.624. The first kappa shape index (κ1) is 8.55. The number of fused-ring (bicyclic) bond motifs is 2. The molecule has 2 fully saturated rings. The highest BCUT2D eigenvalue weighted by Gasteiger charge is 2.49. The highest BCUT2D eigenvalue weighted by atomic mass is 15.2. The molecule has 0 radical (unpaired) electrons. The highest BCUT2D eigenvalue weighted by molar-refractivity contribution is 5.05. The molecule has 12 heavy (non-hydrogen) atoms. The lowest BCUT2D eigenvalue weighted by molar-refractivity contribution is 0.162. The first-order chi connectivity index (χ1) is 5.64. The third-order valence-corrected chi connectivity index (χ3v) is 3.97. The van der Waals surface area contributed by atoms with Gasteiger partial charge in [-0.3, -0.25) is 4.90 Å². The van der Waals surface area contributed by atoms with E-state index in [2.05, 4.69) is 25.8 Å². The maximum absolute atomic E-state index is 2.67. The molecule has 0 aromatic rings. The van der Waals surface area contributed by atoms with E-state index in [0.717, 1.165) is 12.0 Å². The van der Waals surface area contributed by atoms with E-state index in [1.807, 2.05) is 0 Å².